The number of carbonyl (C=O) groups is 1. The Balaban J connectivity index is 1.79. The molecule has 2 heterocycles. The van der Waals surface area contributed by atoms with Crippen LogP contribution in [0, 0.1) is 5.41 Å². The number of aromatic carboxylic acids is 1. The number of hydrazine groups is 1. The van der Waals surface area contributed by atoms with Crippen LogP contribution in [0.15, 0.2) is 18.2 Å². The lowest BCUT2D eigenvalue weighted by Crippen LogP contribution is -2.36. The second-order valence-corrected chi connectivity index (χ2v) is 9.78. The van der Waals surface area contributed by atoms with Gasteiger partial charge in [-0.05, 0) is 53.5 Å². The number of anilines is 1. The highest BCUT2D eigenvalue weighted by Crippen LogP contribution is 2.46. The van der Waals surface area contributed by atoms with E-state index in [2.05, 4.69) is 42.4 Å². The molecule has 4 rings (SSSR count). The molecule has 2 aromatic rings. The maximum Gasteiger partial charge on any atom is 0.337 e. The predicted octanol–water partition coefficient (Wildman–Crippen LogP) is 3.43. The van der Waals surface area contributed by atoms with Crippen LogP contribution >= 0.6 is 11.3 Å². The molecule has 2 aliphatic rings. The molecule has 1 fully saturated rings. The first-order valence-corrected chi connectivity index (χ1v) is 11.0. The summed E-state index contributed by atoms with van der Waals surface area (Å²) >= 11 is 1.64. The number of benzene rings is 1. The minimum atomic E-state index is -0.834. The Kier molecular flexibility index (Phi) is 5.66. The molecule has 0 amide bonds. The summed E-state index contributed by atoms with van der Waals surface area (Å²) in [6.45, 7) is 8.10. The van der Waals surface area contributed by atoms with Crippen LogP contribution < -0.4 is 16.2 Å². The fourth-order valence-electron chi connectivity index (χ4n) is 4.41. The number of carboxylic acid groups (broad SMARTS) is 1. The van der Waals surface area contributed by atoms with Crippen molar-refractivity contribution in [3.05, 3.63) is 39.8 Å². The Morgan fingerprint density at radius 2 is 2.10 bits per heavy atom. The number of nitrogens with zero attached hydrogens (tertiary/aromatic N) is 1. The quantitative estimate of drug-likeness (QED) is 0.512. The van der Waals surface area contributed by atoms with E-state index >= 15 is 0 Å². The smallest absolute Gasteiger partial charge is 0.337 e. The second-order valence-electron chi connectivity index (χ2n) is 8.68. The second kappa shape index (κ2) is 8.07. The number of hydrogen-bond acceptors (Lipinski definition) is 6. The van der Waals surface area contributed by atoms with Gasteiger partial charge in [-0.15, -0.1) is 11.3 Å². The standard InChI is InChI=1S/C22H29N3O3S/c1-22(2)6-5-18-17(12-22)19(21(26)27)20(29-18)16-4-3-15(11-14(16)13-24-23)25-7-9-28-10-8-25/h3-4,11,24H,5-10,12-13,23H2,1-2H3,(H,26,27). The molecule has 6 nitrogen and oxygen atoms in total. The van der Waals surface area contributed by atoms with E-state index in [-0.39, 0.29) is 5.41 Å². The summed E-state index contributed by atoms with van der Waals surface area (Å²) in [6, 6.07) is 6.29. The molecular formula is C22H29N3O3S. The topological polar surface area (TPSA) is 87.8 Å². The van der Waals surface area contributed by atoms with Crippen LogP contribution in [0.1, 0.15) is 46.6 Å². The fraction of sp³-hybridized carbons (Fsp3) is 0.500. The Morgan fingerprint density at radius 3 is 2.79 bits per heavy atom. The maximum absolute atomic E-state index is 12.3. The SMILES string of the molecule is CC1(C)CCc2sc(-c3ccc(N4CCOCC4)cc3CNN)c(C(=O)O)c2C1. The average Bonchev–Trinajstić information content (AvgIpc) is 3.06. The first-order valence-electron chi connectivity index (χ1n) is 10.2. The molecule has 1 aromatic heterocycles. The van der Waals surface area contributed by atoms with Gasteiger partial charge in [0.25, 0.3) is 0 Å². The molecule has 1 aliphatic carbocycles. The van der Waals surface area contributed by atoms with Crippen LogP contribution in [-0.2, 0) is 24.1 Å². The van der Waals surface area contributed by atoms with Gasteiger partial charge in [0.1, 0.15) is 0 Å². The first kappa shape index (κ1) is 20.3. The normalized spacial score (nSPS) is 18.5. The monoisotopic (exact) mass is 415 g/mol. The average molecular weight is 416 g/mol. The van der Waals surface area contributed by atoms with Gasteiger partial charge in [-0.3, -0.25) is 11.3 Å². The highest BCUT2D eigenvalue weighted by atomic mass is 32.1. The Labute approximate surface area is 175 Å². The van der Waals surface area contributed by atoms with Gasteiger partial charge in [-0.25, -0.2) is 4.79 Å². The van der Waals surface area contributed by atoms with Gasteiger partial charge in [0.15, 0.2) is 0 Å². The van der Waals surface area contributed by atoms with E-state index in [0.29, 0.717) is 12.1 Å². The zero-order chi connectivity index (χ0) is 20.6. The Bertz CT molecular complexity index is 916. The summed E-state index contributed by atoms with van der Waals surface area (Å²) in [6.07, 6.45) is 2.85. The number of aryl methyl sites for hydroxylation is 1. The fourth-order valence-corrected chi connectivity index (χ4v) is 5.78. The van der Waals surface area contributed by atoms with Crippen LogP contribution in [0.2, 0.25) is 0 Å². The molecular weight excluding hydrogens is 386 g/mol. The lowest BCUT2D eigenvalue weighted by atomic mass is 9.76. The minimum absolute atomic E-state index is 0.136. The lowest BCUT2D eigenvalue weighted by Gasteiger charge is -2.29. The zero-order valence-corrected chi connectivity index (χ0v) is 17.9. The van der Waals surface area contributed by atoms with Crippen LogP contribution in [-0.4, -0.2) is 37.4 Å². The summed E-state index contributed by atoms with van der Waals surface area (Å²) in [7, 11) is 0. The lowest BCUT2D eigenvalue weighted by molar-refractivity contribution is 0.0696. The maximum atomic E-state index is 12.3. The number of ether oxygens (including phenoxy) is 1. The summed E-state index contributed by atoms with van der Waals surface area (Å²) in [4.78, 5) is 16.6. The number of nitrogens with one attached hydrogen (secondary N) is 1. The molecule has 0 saturated carbocycles. The highest BCUT2D eigenvalue weighted by Gasteiger charge is 2.33. The molecule has 0 radical (unpaired) electrons. The third kappa shape index (κ3) is 4.05. The van der Waals surface area contributed by atoms with Gasteiger partial charge in [0, 0.05) is 35.1 Å². The number of hydrogen-bond donors (Lipinski definition) is 3. The molecule has 0 bridgehead atoms. The van der Waals surface area contributed by atoms with Crippen molar-refractivity contribution in [2.24, 2.45) is 11.3 Å². The zero-order valence-electron chi connectivity index (χ0n) is 17.1. The van der Waals surface area contributed by atoms with Crippen LogP contribution in [0.5, 0.6) is 0 Å². The van der Waals surface area contributed by atoms with E-state index < -0.39 is 5.97 Å². The molecule has 1 aliphatic heterocycles. The highest BCUT2D eigenvalue weighted by molar-refractivity contribution is 7.16. The van der Waals surface area contributed by atoms with Gasteiger partial charge >= 0.3 is 5.97 Å². The van der Waals surface area contributed by atoms with Gasteiger partial charge in [-0.2, -0.15) is 0 Å². The number of carboxylic acids is 1. The van der Waals surface area contributed by atoms with Crippen molar-refractivity contribution in [3.63, 3.8) is 0 Å². The van der Waals surface area contributed by atoms with Crippen LogP contribution in [0.4, 0.5) is 5.69 Å². The molecule has 7 heteroatoms. The molecule has 0 unspecified atom stereocenters. The van der Waals surface area contributed by atoms with Crippen molar-refractivity contribution in [1.29, 1.82) is 0 Å². The van der Waals surface area contributed by atoms with Crippen molar-refractivity contribution in [1.82, 2.24) is 5.43 Å². The molecule has 156 valence electrons. The van der Waals surface area contributed by atoms with E-state index in [1.807, 2.05) is 0 Å². The van der Waals surface area contributed by atoms with E-state index in [1.165, 1.54) is 4.88 Å². The third-order valence-corrected chi connectivity index (χ3v) is 7.32. The number of thiophene rings is 1. The summed E-state index contributed by atoms with van der Waals surface area (Å²) < 4.78 is 5.46. The van der Waals surface area contributed by atoms with Gasteiger partial charge < -0.3 is 14.7 Å². The van der Waals surface area contributed by atoms with Gasteiger partial charge in [-0.1, -0.05) is 19.9 Å². The van der Waals surface area contributed by atoms with Crippen molar-refractivity contribution < 1.29 is 14.6 Å². The van der Waals surface area contributed by atoms with Crippen LogP contribution in [0.25, 0.3) is 10.4 Å². The first-order chi connectivity index (χ1) is 13.9. The summed E-state index contributed by atoms with van der Waals surface area (Å²) in [5.41, 5.74) is 7.52. The van der Waals surface area contributed by atoms with E-state index in [4.69, 9.17) is 10.6 Å². The largest absolute Gasteiger partial charge is 0.478 e. The summed E-state index contributed by atoms with van der Waals surface area (Å²) in [5.74, 6) is 4.84. The van der Waals surface area contributed by atoms with Crippen molar-refractivity contribution in [3.8, 4) is 10.4 Å². The molecule has 0 spiro atoms. The summed E-state index contributed by atoms with van der Waals surface area (Å²) in [5, 5.41) is 10.1. The predicted molar refractivity (Wildman–Crippen MR) is 117 cm³/mol. The number of nitrogens with two attached hydrogens (primary N) is 1. The number of fused-ring (bicyclic) bond motifs is 1. The number of morpholine rings is 1. The van der Waals surface area contributed by atoms with Gasteiger partial charge in [0.2, 0.25) is 0 Å². The van der Waals surface area contributed by atoms with E-state index in [0.717, 1.165) is 72.8 Å². The number of rotatable bonds is 5. The Hall–Kier alpha value is -1.93. The minimum Gasteiger partial charge on any atom is -0.478 e. The van der Waals surface area contributed by atoms with Crippen molar-refractivity contribution in [2.45, 2.75) is 39.7 Å². The molecule has 1 saturated heterocycles. The molecule has 0 atom stereocenters. The molecule has 29 heavy (non-hydrogen) atoms. The third-order valence-electron chi connectivity index (χ3n) is 5.99. The van der Waals surface area contributed by atoms with Crippen molar-refractivity contribution >= 4 is 23.0 Å². The van der Waals surface area contributed by atoms with Crippen molar-refractivity contribution in [2.75, 3.05) is 31.2 Å². The Morgan fingerprint density at radius 1 is 1.34 bits per heavy atom. The van der Waals surface area contributed by atoms with E-state index in [1.54, 1.807) is 11.3 Å². The molecule has 4 N–H and O–H groups in total. The van der Waals surface area contributed by atoms with Crippen LogP contribution in [0.3, 0.4) is 0 Å². The molecule has 1 aromatic carbocycles. The van der Waals surface area contributed by atoms with E-state index in [9.17, 15) is 9.90 Å². The van der Waals surface area contributed by atoms with Gasteiger partial charge in [0.05, 0.1) is 18.8 Å².